The molecular weight excluding hydrogens is 617 g/mol. The Kier molecular flexibility index (Phi) is 7.15. The van der Waals surface area contributed by atoms with Crippen LogP contribution in [0.25, 0.3) is 85.3 Å². The monoisotopic (exact) mass is 644 g/mol. The predicted molar refractivity (Wildman–Crippen MR) is 201 cm³/mol. The first kappa shape index (κ1) is 29.5. The first-order valence-corrected chi connectivity index (χ1v) is 16.4. The summed E-state index contributed by atoms with van der Waals surface area (Å²) in [5.41, 5.74) is 13.8. The average molecular weight is 645 g/mol. The SMILES string of the molecule is O=C1C=CC(c2c3nc(c(-c4ccccc4)c4ccc([nH]4)c(-c4ccccc4)c4nc(c(-c5ccccc5)c5ccc2[nH]5)C=C4)C=C3)=C[C]1[O-]. The van der Waals surface area contributed by atoms with E-state index in [4.69, 9.17) is 9.97 Å². The van der Waals surface area contributed by atoms with E-state index in [-0.39, 0.29) is 0 Å². The molecule has 9 rings (SSSR count). The number of fused-ring (bicyclic) bond motifs is 8. The highest BCUT2D eigenvalue weighted by Gasteiger charge is 2.20. The third-order valence-corrected chi connectivity index (χ3v) is 9.17. The molecule has 3 aliphatic rings. The molecule has 0 fully saturated rings. The lowest BCUT2D eigenvalue weighted by Crippen LogP contribution is -2.23. The van der Waals surface area contributed by atoms with Gasteiger partial charge in [0, 0.05) is 44.3 Å². The Hall–Kier alpha value is -6.63. The highest BCUT2D eigenvalue weighted by Crippen LogP contribution is 2.38. The van der Waals surface area contributed by atoms with Gasteiger partial charge < -0.3 is 15.1 Å². The topological polar surface area (TPSA) is 97.5 Å². The van der Waals surface area contributed by atoms with Gasteiger partial charge in [-0.25, -0.2) is 9.97 Å². The largest absolute Gasteiger partial charge is 0.841 e. The van der Waals surface area contributed by atoms with Gasteiger partial charge in [-0.2, -0.15) is 0 Å². The lowest BCUT2D eigenvalue weighted by Gasteiger charge is -2.19. The van der Waals surface area contributed by atoms with E-state index in [1.165, 1.54) is 12.2 Å². The maximum absolute atomic E-state index is 12.7. The van der Waals surface area contributed by atoms with Crippen molar-refractivity contribution >= 4 is 57.7 Å². The van der Waals surface area contributed by atoms with Crippen molar-refractivity contribution in [3.63, 3.8) is 0 Å². The molecule has 0 saturated carbocycles. The normalized spacial score (nSPS) is 13.9. The maximum Gasteiger partial charge on any atom is 0.149 e. The number of H-pyrrole nitrogens is 2. The Labute approximate surface area is 288 Å². The molecule has 8 bridgehead atoms. The fraction of sp³-hybridized carbons (Fsp3) is 0. The second-order valence-corrected chi connectivity index (χ2v) is 12.3. The van der Waals surface area contributed by atoms with E-state index >= 15 is 0 Å². The third kappa shape index (κ3) is 5.15. The highest BCUT2D eigenvalue weighted by atomic mass is 16.3. The van der Waals surface area contributed by atoms with Crippen LogP contribution in [-0.2, 0) is 4.79 Å². The summed E-state index contributed by atoms with van der Waals surface area (Å²) >= 11 is 0. The first-order chi connectivity index (χ1) is 24.6. The van der Waals surface area contributed by atoms with Crippen LogP contribution in [0.2, 0.25) is 0 Å². The molecule has 3 aromatic carbocycles. The number of ketones is 1. The summed E-state index contributed by atoms with van der Waals surface area (Å²) in [5, 5.41) is 12.7. The van der Waals surface area contributed by atoms with Crippen LogP contribution in [0.1, 0.15) is 28.3 Å². The zero-order valence-corrected chi connectivity index (χ0v) is 26.7. The number of hydrogen-bond donors (Lipinski definition) is 2. The Morgan fingerprint density at radius 1 is 0.420 bits per heavy atom. The Balaban J connectivity index is 1.47. The van der Waals surface area contributed by atoms with Crippen LogP contribution in [0.4, 0.5) is 0 Å². The molecule has 0 unspecified atom stereocenters. The first-order valence-electron chi connectivity index (χ1n) is 16.4. The van der Waals surface area contributed by atoms with Gasteiger partial charge in [0.15, 0.2) is 0 Å². The van der Waals surface area contributed by atoms with Crippen molar-refractivity contribution in [2.75, 3.05) is 0 Å². The van der Waals surface area contributed by atoms with Gasteiger partial charge in [-0.1, -0.05) is 103 Å². The molecule has 50 heavy (non-hydrogen) atoms. The molecule has 0 amide bonds. The molecule has 6 aromatic rings. The number of aromatic nitrogens is 4. The average Bonchev–Trinajstić information content (AvgIpc) is 3.99. The minimum absolute atomic E-state index is 0.544. The number of carbonyl (C=O) groups is 1. The lowest BCUT2D eigenvalue weighted by atomic mass is 9.96. The second kappa shape index (κ2) is 12.1. The fourth-order valence-corrected chi connectivity index (χ4v) is 6.90. The smallest absolute Gasteiger partial charge is 0.149 e. The van der Waals surface area contributed by atoms with Crippen molar-refractivity contribution in [2.45, 2.75) is 0 Å². The van der Waals surface area contributed by atoms with Crippen LogP contribution < -0.4 is 5.11 Å². The summed E-state index contributed by atoms with van der Waals surface area (Å²) in [7, 11) is 0. The van der Waals surface area contributed by atoms with Crippen LogP contribution in [0.15, 0.2) is 133 Å². The van der Waals surface area contributed by atoms with Crippen molar-refractivity contribution in [3.05, 3.63) is 168 Å². The zero-order valence-electron chi connectivity index (χ0n) is 26.7. The van der Waals surface area contributed by atoms with Gasteiger partial charge in [0.05, 0.1) is 22.8 Å². The second-order valence-electron chi connectivity index (χ2n) is 12.3. The third-order valence-electron chi connectivity index (χ3n) is 9.17. The van der Waals surface area contributed by atoms with Gasteiger partial charge in [-0.05, 0) is 83.0 Å². The van der Waals surface area contributed by atoms with E-state index in [9.17, 15) is 9.90 Å². The molecule has 1 aliphatic carbocycles. The van der Waals surface area contributed by atoms with Crippen LogP contribution in [-0.4, -0.2) is 25.7 Å². The zero-order chi connectivity index (χ0) is 33.6. The summed E-state index contributed by atoms with van der Waals surface area (Å²) in [6.45, 7) is 0. The van der Waals surface area contributed by atoms with Crippen molar-refractivity contribution in [1.29, 1.82) is 0 Å². The molecule has 3 aromatic heterocycles. The Morgan fingerprint density at radius 2 is 0.780 bits per heavy atom. The molecular formula is C44H28N4O2-. The lowest BCUT2D eigenvalue weighted by molar-refractivity contribution is -0.331. The van der Waals surface area contributed by atoms with E-state index < -0.39 is 11.9 Å². The molecule has 0 saturated heterocycles. The van der Waals surface area contributed by atoms with Gasteiger partial charge in [-0.3, -0.25) is 4.79 Å². The quantitative estimate of drug-likeness (QED) is 0.200. The Morgan fingerprint density at radius 3 is 1.16 bits per heavy atom. The molecule has 0 spiro atoms. The minimum atomic E-state index is -0.563. The van der Waals surface area contributed by atoms with E-state index in [1.54, 1.807) is 6.08 Å². The van der Waals surface area contributed by atoms with E-state index in [0.717, 1.165) is 78.1 Å². The number of allylic oxidation sites excluding steroid dienone is 2. The van der Waals surface area contributed by atoms with Gasteiger partial charge >= 0.3 is 0 Å². The van der Waals surface area contributed by atoms with Crippen molar-refractivity contribution in [2.24, 2.45) is 0 Å². The predicted octanol–water partition coefficient (Wildman–Crippen LogP) is 9.07. The standard InChI is InChI=1S/C44H28N4O2/c49-39-25-16-30(26-40(39)50)44-37-23-21-35(47-37)42(28-12-6-2-7-13-28)33-19-17-31(45-33)41(27-10-4-1-5-11-27)32-18-20-34(46-32)43(29-14-8-3-9-15-29)36-22-24-38(44)48-36/h1-26,45,48H/q-1. The summed E-state index contributed by atoms with van der Waals surface area (Å²) < 4.78 is 0. The molecule has 237 valence electrons. The number of nitrogens with zero attached hydrogens (tertiary/aromatic N) is 2. The van der Waals surface area contributed by atoms with Crippen molar-refractivity contribution < 1.29 is 9.90 Å². The number of aromatic amines is 2. The van der Waals surface area contributed by atoms with Crippen LogP contribution in [0.5, 0.6) is 0 Å². The van der Waals surface area contributed by atoms with E-state index in [0.29, 0.717) is 11.3 Å². The number of hydrogen-bond acceptors (Lipinski definition) is 4. The number of rotatable bonds is 4. The highest BCUT2D eigenvalue weighted by molar-refractivity contribution is 6.08. The summed E-state index contributed by atoms with van der Waals surface area (Å²) in [4.78, 5) is 30.1. The molecule has 6 nitrogen and oxygen atoms in total. The number of nitrogens with one attached hydrogen (secondary N) is 2. The number of benzene rings is 3. The van der Waals surface area contributed by atoms with Gasteiger partial charge in [0.2, 0.25) is 0 Å². The van der Waals surface area contributed by atoms with Crippen molar-refractivity contribution in [1.82, 2.24) is 19.9 Å². The maximum atomic E-state index is 12.7. The fourth-order valence-electron chi connectivity index (χ4n) is 6.90. The molecule has 5 heterocycles. The molecule has 1 radical (unpaired) electrons. The van der Waals surface area contributed by atoms with Gasteiger partial charge in [-0.15, -0.1) is 0 Å². The van der Waals surface area contributed by atoms with E-state index in [1.807, 2.05) is 78.9 Å². The molecule has 6 heteroatoms. The number of carbonyl (C=O) groups excluding carboxylic acids is 1. The molecule has 2 N–H and O–H groups in total. The summed E-state index contributed by atoms with van der Waals surface area (Å²) in [6.07, 6.45) is 12.0. The van der Waals surface area contributed by atoms with Crippen LogP contribution in [0, 0.1) is 6.10 Å². The van der Waals surface area contributed by atoms with Gasteiger partial charge in [0.25, 0.3) is 0 Å². The van der Waals surface area contributed by atoms with Crippen LogP contribution in [0.3, 0.4) is 0 Å². The van der Waals surface area contributed by atoms with Crippen molar-refractivity contribution in [3.8, 4) is 33.4 Å². The molecule has 2 aliphatic heterocycles. The van der Waals surface area contributed by atoms with Crippen LogP contribution >= 0.6 is 0 Å². The van der Waals surface area contributed by atoms with Gasteiger partial charge in [0.1, 0.15) is 5.78 Å². The summed E-state index contributed by atoms with van der Waals surface area (Å²) in [6, 6.07) is 38.9. The van der Waals surface area contributed by atoms with E-state index in [2.05, 4.69) is 70.7 Å². The summed E-state index contributed by atoms with van der Waals surface area (Å²) in [5.74, 6) is -0.544. The minimum Gasteiger partial charge on any atom is -0.841 e. The molecule has 0 atom stereocenters. The Bertz CT molecular complexity index is 2570.